The number of amides is 2. The first-order valence-electron chi connectivity index (χ1n) is 10.6. The number of hydrogen-bond donors (Lipinski definition) is 2. The van der Waals surface area contributed by atoms with Gasteiger partial charge in [-0.05, 0) is 30.2 Å². The standard InChI is InChI=1S/C23H36N2O5/c1-16(2)13-20(11-12-29-18(5)26)24-22(27)21(14-17(3)4)25-23(28)30-15-19-9-7-6-8-10-19/h6-10,16-17,20-21H,11-15H2,1-5H3,(H,24,27)(H,25,28)/t20?,21-/m0/s1. The predicted octanol–water partition coefficient (Wildman–Crippen LogP) is 3.81. The molecule has 0 saturated carbocycles. The summed E-state index contributed by atoms with van der Waals surface area (Å²) in [4.78, 5) is 36.2. The monoisotopic (exact) mass is 420 g/mol. The molecule has 1 unspecified atom stereocenters. The summed E-state index contributed by atoms with van der Waals surface area (Å²) in [6.45, 7) is 9.85. The number of alkyl carbamates (subject to hydrolysis) is 1. The van der Waals surface area contributed by atoms with Gasteiger partial charge in [0.15, 0.2) is 0 Å². The molecule has 0 saturated heterocycles. The molecule has 0 aliphatic heterocycles. The van der Waals surface area contributed by atoms with Crippen LogP contribution in [-0.2, 0) is 25.7 Å². The Kier molecular flexibility index (Phi) is 11.6. The molecular formula is C23H36N2O5. The van der Waals surface area contributed by atoms with Gasteiger partial charge in [0, 0.05) is 19.4 Å². The van der Waals surface area contributed by atoms with E-state index in [2.05, 4.69) is 24.5 Å². The van der Waals surface area contributed by atoms with Crippen LogP contribution < -0.4 is 10.6 Å². The summed E-state index contributed by atoms with van der Waals surface area (Å²) in [5.74, 6) is -0.0290. The van der Waals surface area contributed by atoms with Gasteiger partial charge in [-0.15, -0.1) is 0 Å². The highest BCUT2D eigenvalue weighted by Gasteiger charge is 2.25. The normalized spacial score (nSPS) is 12.9. The maximum atomic E-state index is 12.9. The Morgan fingerprint density at radius 3 is 2.10 bits per heavy atom. The zero-order valence-corrected chi connectivity index (χ0v) is 18.8. The summed E-state index contributed by atoms with van der Waals surface area (Å²) < 4.78 is 10.3. The topological polar surface area (TPSA) is 93.7 Å². The first kappa shape index (κ1) is 25.5. The molecule has 0 aromatic heterocycles. The van der Waals surface area contributed by atoms with Crippen molar-refractivity contribution in [2.24, 2.45) is 11.8 Å². The second-order valence-corrected chi connectivity index (χ2v) is 8.35. The number of nitrogens with one attached hydrogen (secondary N) is 2. The number of rotatable bonds is 12. The van der Waals surface area contributed by atoms with Gasteiger partial charge in [-0.3, -0.25) is 9.59 Å². The quantitative estimate of drug-likeness (QED) is 0.502. The van der Waals surface area contributed by atoms with Gasteiger partial charge < -0.3 is 20.1 Å². The van der Waals surface area contributed by atoms with Crippen molar-refractivity contribution in [3.05, 3.63) is 35.9 Å². The van der Waals surface area contributed by atoms with Crippen LogP contribution in [0.15, 0.2) is 30.3 Å². The van der Waals surface area contributed by atoms with Gasteiger partial charge in [-0.25, -0.2) is 4.79 Å². The summed E-state index contributed by atoms with van der Waals surface area (Å²) in [6.07, 6.45) is 1.14. The maximum absolute atomic E-state index is 12.9. The zero-order chi connectivity index (χ0) is 22.5. The molecule has 1 aromatic rings. The van der Waals surface area contributed by atoms with Crippen LogP contribution in [0.2, 0.25) is 0 Å². The molecule has 1 aromatic carbocycles. The number of ether oxygens (including phenoxy) is 2. The van der Waals surface area contributed by atoms with E-state index >= 15 is 0 Å². The molecule has 0 aliphatic carbocycles. The van der Waals surface area contributed by atoms with Gasteiger partial charge in [0.25, 0.3) is 0 Å². The van der Waals surface area contributed by atoms with Gasteiger partial charge in [0.2, 0.25) is 5.91 Å². The van der Waals surface area contributed by atoms with Crippen LogP contribution in [-0.4, -0.2) is 36.7 Å². The molecule has 0 radical (unpaired) electrons. The smallest absolute Gasteiger partial charge is 0.408 e. The van der Waals surface area contributed by atoms with Crippen molar-refractivity contribution in [2.75, 3.05) is 6.61 Å². The molecule has 0 fully saturated rings. The lowest BCUT2D eigenvalue weighted by Gasteiger charge is -2.25. The summed E-state index contributed by atoms with van der Waals surface area (Å²) in [5, 5.41) is 5.70. The van der Waals surface area contributed by atoms with Crippen molar-refractivity contribution in [1.82, 2.24) is 10.6 Å². The Hall–Kier alpha value is -2.57. The molecule has 7 nitrogen and oxygen atoms in total. The highest BCUT2D eigenvalue weighted by atomic mass is 16.5. The largest absolute Gasteiger partial charge is 0.466 e. The lowest BCUT2D eigenvalue weighted by molar-refractivity contribution is -0.141. The SMILES string of the molecule is CC(=O)OCCC(CC(C)C)NC(=O)[C@H](CC(C)C)NC(=O)OCc1ccccc1. The van der Waals surface area contributed by atoms with Crippen LogP contribution in [0.4, 0.5) is 4.79 Å². The lowest BCUT2D eigenvalue weighted by atomic mass is 9.99. The van der Waals surface area contributed by atoms with Gasteiger partial charge in [-0.2, -0.15) is 0 Å². The van der Waals surface area contributed by atoms with Gasteiger partial charge in [-0.1, -0.05) is 58.0 Å². The third kappa shape index (κ3) is 11.4. The van der Waals surface area contributed by atoms with Crippen LogP contribution in [0.1, 0.15) is 59.4 Å². The van der Waals surface area contributed by atoms with Crippen LogP contribution in [0.5, 0.6) is 0 Å². The number of carbonyl (C=O) groups excluding carboxylic acids is 3. The van der Waals surface area contributed by atoms with Crippen molar-refractivity contribution in [3.8, 4) is 0 Å². The first-order chi connectivity index (χ1) is 14.2. The minimum Gasteiger partial charge on any atom is -0.466 e. The lowest BCUT2D eigenvalue weighted by Crippen LogP contribution is -2.50. The Bertz CT molecular complexity index is 661. The molecule has 0 heterocycles. The van der Waals surface area contributed by atoms with E-state index in [1.807, 2.05) is 44.2 Å². The number of esters is 1. The van der Waals surface area contributed by atoms with E-state index in [0.717, 1.165) is 12.0 Å². The van der Waals surface area contributed by atoms with Gasteiger partial charge in [0.05, 0.1) is 6.61 Å². The highest BCUT2D eigenvalue weighted by molar-refractivity contribution is 5.85. The Labute approximate surface area is 179 Å². The molecule has 30 heavy (non-hydrogen) atoms. The molecule has 2 atom stereocenters. The Morgan fingerprint density at radius 2 is 1.53 bits per heavy atom. The molecule has 0 aliphatic rings. The molecule has 2 amide bonds. The molecule has 168 valence electrons. The van der Waals surface area contributed by atoms with Crippen LogP contribution >= 0.6 is 0 Å². The van der Waals surface area contributed by atoms with Crippen molar-refractivity contribution in [3.63, 3.8) is 0 Å². The molecule has 7 heteroatoms. The van der Waals surface area contributed by atoms with Crippen LogP contribution in [0.25, 0.3) is 0 Å². The van der Waals surface area contributed by atoms with Crippen LogP contribution in [0, 0.1) is 11.8 Å². The summed E-state index contributed by atoms with van der Waals surface area (Å²) in [7, 11) is 0. The fourth-order valence-electron chi connectivity index (χ4n) is 3.07. The van der Waals surface area contributed by atoms with E-state index in [1.54, 1.807) is 0 Å². The van der Waals surface area contributed by atoms with E-state index in [4.69, 9.17) is 9.47 Å². The third-order valence-electron chi connectivity index (χ3n) is 4.40. The average molecular weight is 421 g/mol. The molecule has 0 bridgehead atoms. The Balaban J connectivity index is 2.67. The summed E-state index contributed by atoms with van der Waals surface area (Å²) in [6, 6.07) is 8.52. The van der Waals surface area contributed by atoms with Crippen molar-refractivity contribution >= 4 is 18.0 Å². The van der Waals surface area contributed by atoms with E-state index in [9.17, 15) is 14.4 Å². The van der Waals surface area contributed by atoms with Crippen molar-refractivity contribution in [2.45, 2.75) is 72.6 Å². The fraction of sp³-hybridized carbons (Fsp3) is 0.609. The van der Waals surface area contributed by atoms with Crippen molar-refractivity contribution < 1.29 is 23.9 Å². The highest BCUT2D eigenvalue weighted by Crippen LogP contribution is 2.11. The van der Waals surface area contributed by atoms with Crippen LogP contribution in [0.3, 0.4) is 0 Å². The second kappa shape index (κ2) is 13.6. The van der Waals surface area contributed by atoms with E-state index in [0.29, 0.717) is 18.8 Å². The predicted molar refractivity (Wildman–Crippen MR) is 116 cm³/mol. The number of carbonyl (C=O) groups is 3. The van der Waals surface area contributed by atoms with Gasteiger partial charge in [0.1, 0.15) is 12.6 Å². The van der Waals surface area contributed by atoms with E-state index in [-0.39, 0.29) is 37.0 Å². The minimum atomic E-state index is -0.698. The van der Waals surface area contributed by atoms with E-state index < -0.39 is 12.1 Å². The summed E-state index contributed by atoms with van der Waals surface area (Å²) >= 11 is 0. The third-order valence-corrected chi connectivity index (χ3v) is 4.40. The van der Waals surface area contributed by atoms with Gasteiger partial charge >= 0.3 is 12.1 Å². The second-order valence-electron chi connectivity index (χ2n) is 8.35. The number of hydrogen-bond acceptors (Lipinski definition) is 5. The molecule has 2 N–H and O–H groups in total. The molecule has 1 rings (SSSR count). The zero-order valence-electron chi connectivity index (χ0n) is 18.8. The van der Waals surface area contributed by atoms with E-state index in [1.165, 1.54) is 6.92 Å². The Morgan fingerprint density at radius 1 is 0.900 bits per heavy atom. The maximum Gasteiger partial charge on any atom is 0.408 e. The molecule has 0 spiro atoms. The number of benzene rings is 1. The average Bonchev–Trinajstić information content (AvgIpc) is 2.65. The molecular weight excluding hydrogens is 384 g/mol. The minimum absolute atomic E-state index is 0.140. The summed E-state index contributed by atoms with van der Waals surface area (Å²) in [5.41, 5.74) is 0.875. The fourth-order valence-corrected chi connectivity index (χ4v) is 3.07. The first-order valence-corrected chi connectivity index (χ1v) is 10.6. The van der Waals surface area contributed by atoms with Crippen molar-refractivity contribution in [1.29, 1.82) is 0 Å².